The molecule has 9 heterocycles. The molecule has 19 heteroatoms. The fraction of sp³-hybridized carbons (Fsp3) is 0.121. The molecule has 0 aliphatic carbocycles. The third-order valence-electron chi connectivity index (χ3n) is 11.3. The van der Waals surface area contributed by atoms with Gasteiger partial charge in [-0.3, -0.25) is 15.1 Å². The summed E-state index contributed by atoms with van der Waals surface area (Å²) in [5.41, 5.74) is 6.98. The lowest BCUT2D eigenvalue weighted by Crippen LogP contribution is -2.04. The van der Waals surface area contributed by atoms with Gasteiger partial charge in [0.05, 0.1) is 29.7 Å². The van der Waals surface area contributed by atoms with E-state index in [-0.39, 0.29) is 0 Å². The van der Waals surface area contributed by atoms with E-state index in [2.05, 4.69) is 50.3 Å². The van der Waals surface area contributed by atoms with Crippen molar-refractivity contribution < 1.29 is 13.3 Å². The van der Waals surface area contributed by atoms with Gasteiger partial charge in [-0.2, -0.15) is 10.2 Å². The number of benzene rings is 3. The van der Waals surface area contributed by atoms with E-state index in [1.807, 2.05) is 182 Å². The zero-order valence-electron chi connectivity index (χ0n) is 41.8. The maximum Gasteiger partial charge on any atom is 0.217 e. The van der Waals surface area contributed by atoms with Crippen LogP contribution in [0.2, 0.25) is 10.2 Å². The largest absolute Gasteiger partial charge is 0.453 e. The molecule has 0 unspecified atom stereocenters. The molecule has 9 aromatic heterocycles. The number of nitrogens with zero attached hydrogens (tertiary/aromatic N) is 11. The van der Waals surface area contributed by atoms with Crippen LogP contribution in [0.3, 0.4) is 0 Å². The summed E-state index contributed by atoms with van der Waals surface area (Å²) in [6.07, 6.45) is 6.72. The van der Waals surface area contributed by atoms with Gasteiger partial charge in [0.15, 0.2) is 23.1 Å². The van der Waals surface area contributed by atoms with Crippen LogP contribution in [0.5, 0.6) is 0 Å². The van der Waals surface area contributed by atoms with Crippen LogP contribution < -0.4 is 0 Å². The van der Waals surface area contributed by atoms with Gasteiger partial charge in [0.2, 0.25) is 11.6 Å². The van der Waals surface area contributed by atoms with E-state index in [0.29, 0.717) is 75.6 Å². The molecule has 386 valence electrons. The van der Waals surface area contributed by atoms with Crippen molar-refractivity contribution in [2.75, 3.05) is 0 Å². The van der Waals surface area contributed by atoms with E-state index in [4.69, 9.17) is 59.7 Å². The molecule has 0 atom stereocenters. The lowest BCUT2D eigenvalue weighted by atomic mass is 10.2. The predicted octanol–water partition coefficient (Wildman–Crippen LogP) is 14.8. The first-order chi connectivity index (χ1) is 37.6. The number of aryl methyl sites for hydroxylation is 3. The third-order valence-corrected chi connectivity index (χ3v) is 12.3. The number of alkyl halides is 2. The third kappa shape index (κ3) is 14.5. The van der Waals surface area contributed by atoms with Crippen molar-refractivity contribution in [1.82, 2.24) is 59.7 Å². The number of halogens is 4. The number of aromatic amines is 1. The second-order valence-electron chi connectivity index (χ2n) is 17.0. The normalized spacial score (nSPS) is 10.7. The molecular formula is C58H48Cl4N12O3. The molecule has 0 bridgehead atoms. The Morgan fingerprint density at radius 2 is 1.04 bits per heavy atom. The SMILES string of the molecule is Cc1nc(-c2ccc(-c3ccccc3)o2)n(Cc2ccnc(Cl)c2)n1.Cc1nc(-c2ccc(-c3ccccc3)o2)n[nH]1.Cc1nc(-c2ccc(-c3ccccc3)o2)nn1Cc1ccnc(CCl)c1.ClCc1cncc(Cl)c1. The Kier molecular flexibility index (Phi) is 17.9. The highest BCUT2D eigenvalue weighted by Crippen LogP contribution is 2.30. The molecule has 0 radical (unpaired) electrons. The second-order valence-corrected chi connectivity index (χ2v) is 18.4. The van der Waals surface area contributed by atoms with E-state index in [0.717, 1.165) is 68.0 Å². The quantitative estimate of drug-likeness (QED) is 0.0904. The fourth-order valence-electron chi connectivity index (χ4n) is 7.64. The fourth-order valence-corrected chi connectivity index (χ4v) is 8.32. The van der Waals surface area contributed by atoms with Crippen molar-refractivity contribution in [3.63, 3.8) is 0 Å². The second kappa shape index (κ2) is 25.9. The highest BCUT2D eigenvalue weighted by molar-refractivity contribution is 6.30. The van der Waals surface area contributed by atoms with Gasteiger partial charge in [-0.1, -0.05) is 114 Å². The number of hydrogen-bond donors (Lipinski definition) is 1. The summed E-state index contributed by atoms with van der Waals surface area (Å²) in [5, 5.41) is 17.0. The maximum atomic E-state index is 6.01. The molecule has 0 aliphatic rings. The molecule has 0 amide bonds. The van der Waals surface area contributed by atoms with Gasteiger partial charge in [0, 0.05) is 47.4 Å². The molecule has 3 aromatic carbocycles. The maximum absolute atomic E-state index is 6.01. The van der Waals surface area contributed by atoms with Gasteiger partial charge in [0.1, 0.15) is 39.9 Å². The van der Waals surface area contributed by atoms with Crippen LogP contribution in [0.1, 0.15) is 39.9 Å². The van der Waals surface area contributed by atoms with Gasteiger partial charge in [-0.05, 0) is 104 Å². The zero-order chi connectivity index (χ0) is 53.5. The molecule has 12 aromatic rings. The molecule has 0 saturated heterocycles. The van der Waals surface area contributed by atoms with Crippen LogP contribution in [-0.2, 0) is 24.8 Å². The molecule has 0 fully saturated rings. The summed E-state index contributed by atoms with van der Waals surface area (Å²) < 4.78 is 21.3. The van der Waals surface area contributed by atoms with Crippen molar-refractivity contribution in [2.24, 2.45) is 0 Å². The molecule has 1 N–H and O–H groups in total. The van der Waals surface area contributed by atoms with Crippen molar-refractivity contribution >= 4 is 46.4 Å². The summed E-state index contributed by atoms with van der Waals surface area (Å²) in [6.45, 7) is 6.80. The van der Waals surface area contributed by atoms with Gasteiger partial charge in [-0.25, -0.2) is 29.3 Å². The van der Waals surface area contributed by atoms with Crippen molar-refractivity contribution in [3.8, 4) is 68.7 Å². The first-order valence-corrected chi connectivity index (χ1v) is 25.8. The van der Waals surface area contributed by atoms with Crippen LogP contribution in [0, 0.1) is 20.8 Å². The minimum Gasteiger partial charge on any atom is -0.453 e. The highest BCUT2D eigenvalue weighted by atomic mass is 35.5. The number of hydrogen-bond acceptors (Lipinski definition) is 12. The highest BCUT2D eigenvalue weighted by Gasteiger charge is 2.17. The van der Waals surface area contributed by atoms with Crippen molar-refractivity contribution in [3.05, 3.63) is 233 Å². The van der Waals surface area contributed by atoms with E-state index < -0.39 is 0 Å². The lowest BCUT2D eigenvalue weighted by molar-refractivity contribution is 0.578. The van der Waals surface area contributed by atoms with Crippen LogP contribution >= 0.6 is 46.4 Å². The van der Waals surface area contributed by atoms with E-state index in [1.165, 1.54) is 0 Å². The van der Waals surface area contributed by atoms with Crippen LogP contribution in [-0.4, -0.2) is 59.7 Å². The average Bonchev–Trinajstić information content (AvgIpc) is 4.36. The minimum absolute atomic E-state index is 0.393. The smallest absolute Gasteiger partial charge is 0.217 e. The van der Waals surface area contributed by atoms with Crippen LogP contribution in [0.25, 0.3) is 68.7 Å². The van der Waals surface area contributed by atoms with Crippen molar-refractivity contribution in [1.29, 1.82) is 0 Å². The molecule has 77 heavy (non-hydrogen) atoms. The Balaban J connectivity index is 0.000000132. The molecular weight excluding hydrogens is 1050 g/mol. The lowest BCUT2D eigenvalue weighted by Gasteiger charge is -2.05. The number of H-pyrrole nitrogens is 1. The standard InChI is InChI=1S/C20H17ClN4O.C19H15ClN4O.C13H11N3O.C6H5Cl2N/c1-14-23-20(19-8-7-18(26-19)16-5-3-2-4-6-16)24-25(14)13-15-9-10-22-17(11-15)12-21;1-13-22-19(24(23-13)12-14-9-10-21-18(20)11-14)17-8-7-16(25-17)15-5-3-2-4-6-15;1-9-14-13(16-15-9)12-8-7-11(17-12)10-5-3-2-4-6-10;7-2-5-1-6(8)4-9-3-5/h2-11H,12-13H2,1H3;2-11H,12H2,1H3;2-8H,1H3,(H,14,15,16);1,3-4H,2H2. The van der Waals surface area contributed by atoms with E-state index in [9.17, 15) is 0 Å². The van der Waals surface area contributed by atoms with Crippen molar-refractivity contribution in [2.45, 2.75) is 45.6 Å². The minimum atomic E-state index is 0.393. The summed E-state index contributed by atoms with van der Waals surface area (Å²) in [5.74, 6) is 9.43. The van der Waals surface area contributed by atoms with Gasteiger partial charge < -0.3 is 13.3 Å². The van der Waals surface area contributed by atoms with Crippen LogP contribution in [0.4, 0.5) is 0 Å². The number of rotatable bonds is 12. The zero-order valence-corrected chi connectivity index (χ0v) is 44.8. The van der Waals surface area contributed by atoms with Gasteiger partial charge in [-0.15, -0.1) is 28.3 Å². The topological polar surface area (TPSA) is 181 Å². The average molecular weight is 1100 g/mol. The number of pyridine rings is 3. The Morgan fingerprint density at radius 1 is 0.494 bits per heavy atom. The number of furan rings is 3. The summed E-state index contributed by atoms with van der Waals surface area (Å²) >= 11 is 22.9. The summed E-state index contributed by atoms with van der Waals surface area (Å²) in [4.78, 5) is 25.3. The summed E-state index contributed by atoms with van der Waals surface area (Å²) in [6, 6.07) is 50.9. The first-order valence-electron chi connectivity index (χ1n) is 24.0. The van der Waals surface area contributed by atoms with Gasteiger partial charge >= 0.3 is 0 Å². The monoisotopic (exact) mass is 1100 g/mol. The Labute approximate surface area is 463 Å². The number of aromatic nitrogens is 12. The molecule has 0 spiro atoms. The van der Waals surface area contributed by atoms with E-state index >= 15 is 0 Å². The molecule has 0 aliphatic heterocycles. The molecule has 12 rings (SSSR count). The number of nitrogens with one attached hydrogen (secondary N) is 1. The molecule has 0 saturated carbocycles. The Bertz CT molecular complexity index is 3780. The Hall–Kier alpha value is -8.47. The van der Waals surface area contributed by atoms with Crippen LogP contribution in [0.15, 0.2) is 196 Å². The Morgan fingerprint density at radius 3 is 1.58 bits per heavy atom. The first kappa shape index (κ1) is 53.4. The molecule has 15 nitrogen and oxygen atoms in total. The summed E-state index contributed by atoms with van der Waals surface area (Å²) in [7, 11) is 0. The van der Waals surface area contributed by atoms with E-state index in [1.54, 1.807) is 30.9 Å². The van der Waals surface area contributed by atoms with Gasteiger partial charge in [0.25, 0.3) is 0 Å². The predicted molar refractivity (Wildman–Crippen MR) is 300 cm³/mol.